The normalized spacial score (nSPS) is 8.65. The van der Waals surface area contributed by atoms with Crippen molar-refractivity contribution in [2.75, 3.05) is 13.1 Å². The molecule has 0 saturated carbocycles. The van der Waals surface area contributed by atoms with Crippen LogP contribution in [0.4, 0.5) is 0 Å². The predicted octanol–water partition coefficient (Wildman–Crippen LogP) is 1.92. The van der Waals surface area contributed by atoms with Crippen LogP contribution < -0.4 is 5.90 Å². The van der Waals surface area contributed by atoms with Gasteiger partial charge in [0, 0.05) is 44.6 Å². The van der Waals surface area contributed by atoms with Gasteiger partial charge in [0.05, 0.1) is 24.3 Å². The molecule has 0 unspecified atom stereocenters. The standard InChI is InChI=1S/C16H19N3O4S.3CO.Re/c17-22-23-24-15-6-4-13(5-7-15)8-10-19(12-16(20)21)11-14-3-1-2-9-18-14;3*1-2;/h1-7,9H,8,10-12,17H2,(H,20,21);;;;. The number of nitrogens with zero attached hydrogens (tertiary/aromatic N) is 2. The first-order valence-electron chi connectivity index (χ1n) is 7.91. The maximum atomic E-state index is 11.1. The molecular weight excluding hydrogens is 600 g/mol. The Bertz CT molecular complexity index is 744. The minimum absolute atomic E-state index is 0. The van der Waals surface area contributed by atoms with E-state index < -0.39 is 5.97 Å². The molecule has 0 fully saturated rings. The van der Waals surface area contributed by atoms with Crippen molar-refractivity contribution >= 4 is 18.0 Å². The molecule has 0 spiro atoms. The summed E-state index contributed by atoms with van der Waals surface area (Å²) in [5.41, 5.74) is 1.95. The Morgan fingerprint density at radius 1 is 1.10 bits per heavy atom. The molecule has 0 atom stereocenters. The van der Waals surface area contributed by atoms with Crippen molar-refractivity contribution in [1.29, 1.82) is 0 Å². The Kier molecular flexibility index (Phi) is 26.2. The molecule has 31 heavy (non-hydrogen) atoms. The first kappa shape index (κ1) is 33.5. The molecule has 0 aliphatic heterocycles. The van der Waals surface area contributed by atoms with Crippen molar-refractivity contribution in [3.05, 3.63) is 79.9 Å². The second-order valence-electron chi connectivity index (χ2n) is 5.07. The van der Waals surface area contributed by atoms with E-state index in [-0.39, 0.29) is 27.0 Å². The van der Waals surface area contributed by atoms with Crippen LogP contribution in [0.3, 0.4) is 0 Å². The van der Waals surface area contributed by atoms with Crippen LogP contribution in [-0.4, -0.2) is 34.0 Å². The average Bonchev–Trinajstić information content (AvgIpc) is 2.81. The van der Waals surface area contributed by atoms with Gasteiger partial charge in [-0.25, -0.2) is 0 Å². The zero-order chi connectivity index (χ0) is 23.2. The van der Waals surface area contributed by atoms with Gasteiger partial charge in [0.1, 0.15) is 0 Å². The molecule has 0 aliphatic rings. The Balaban J connectivity index is -0.00000103. The molecule has 1 aromatic carbocycles. The average molecular weight is 620 g/mol. The van der Waals surface area contributed by atoms with Crippen molar-refractivity contribution < 1.29 is 53.6 Å². The zero-order valence-electron chi connectivity index (χ0n) is 16.1. The largest absolute Gasteiger partial charge is 0 e. The van der Waals surface area contributed by atoms with E-state index in [0.717, 1.165) is 34.6 Å². The molecule has 0 saturated heterocycles. The van der Waals surface area contributed by atoms with E-state index in [0.29, 0.717) is 13.1 Å². The molecule has 10 nitrogen and oxygen atoms in total. The summed E-state index contributed by atoms with van der Waals surface area (Å²) in [6.07, 6.45) is 2.44. The van der Waals surface area contributed by atoms with Gasteiger partial charge in [-0.05, 0) is 36.2 Å². The van der Waals surface area contributed by atoms with Gasteiger partial charge in [0.15, 0.2) is 0 Å². The number of hydrogen-bond acceptors (Lipinski definition) is 7. The third-order valence-electron chi connectivity index (χ3n) is 3.28. The Morgan fingerprint density at radius 2 is 1.71 bits per heavy atom. The monoisotopic (exact) mass is 620 g/mol. The number of carbonyl (C=O) groups is 1. The number of benzene rings is 1. The van der Waals surface area contributed by atoms with Crippen LogP contribution in [0, 0.1) is 20.0 Å². The van der Waals surface area contributed by atoms with E-state index >= 15 is 0 Å². The first-order chi connectivity index (χ1) is 14.7. The van der Waals surface area contributed by atoms with E-state index in [1.807, 2.05) is 47.4 Å². The van der Waals surface area contributed by atoms with Crippen molar-refractivity contribution in [3.8, 4) is 0 Å². The SMILES string of the molecule is NOOSc1ccc(CCN(CC(=O)O)Cc2ccccn2)cc1.[C-]#[O+].[C-]#[O+].[C-]#[O+].[Re]. The quantitative estimate of drug-likeness (QED) is 0.134. The van der Waals surface area contributed by atoms with Gasteiger partial charge in [-0.2, -0.15) is 5.90 Å². The number of nitrogens with two attached hydrogens (primary N) is 1. The number of rotatable bonds is 10. The van der Waals surface area contributed by atoms with E-state index in [1.54, 1.807) is 6.20 Å². The molecule has 0 amide bonds. The Hall–Kier alpha value is -2.09. The molecule has 1 radical (unpaired) electrons. The summed E-state index contributed by atoms with van der Waals surface area (Å²) in [5, 5.41) is 9.08. The fourth-order valence-electron chi connectivity index (χ4n) is 2.18. The van der Waals surface area contributed by atoms with Crippen LogP contribution in [0.2, 0.25) is 0 Å². The Morgan fingerprint density at radius 3 is 2.19 bits per heavy atom. The van der Waals surface area contributed by atoms with Gasteiger partial charge in [0.2, 0.25) is 0 Å². The second kappa shape index (κ2) is 24.2. The maximum absolute atomic E-state index is 11.1. The summed E-state index contributed by atoms with van der Waals surface area (Å²) in [6.45, 7) is 14.6. The summed E-state index contributed by atoms with van der Waals surface area (Å²) >= 11 is 1.02. The van der Waals surface area contributed by atoms with Crippen molar-refractivity contribution in [1.82, 2.24) is 9.88 Å². The van der Waals surface area contributed by atoms with Crippen molar-refractivity contribution in [2.24, 2.45) is 5.90 Å². The first-order valence-corrected chi connectivity index (χ1v) is 8.66. The molecule has 2 rings (SSSR count). The molecule has 12 heteroatoms. The third kappa shape index (κ3) is 17.3. The van der Waals surface area contributed by atoms with Crippen LogP contribution in [0.5, 0.6) is 0 Å². The molecule has 2 aromatic rings. The molecule has 1 aromatic heterocycles. The number of aliphatic carboxylic acids is 1. The van der Waals surface area contributed by atoms with Gasteiger partial charge in [-0.15, -0.1) is 9.32 Å². The number of hydrogen-bond donors (Lipinski definition) is 2. The second-order valence-corrected chi connectivity index (χ2v) is 5.84. The van der Waals surface area contributed by atoms with Gasteiger partial charge in [-0.1, -0.05) is 18.2 Å². The topological polar surface area (TPSA) is 158 Å². The summed E-state index contributed by atoms with van der Waals surface area (Å²) in [4.78, 5) is 22.1. The number of carboxylic acids is 1. The molecule has 0 aliphatic carbocycles. The molecular formula is C19H19N3O7ReS. The molecule has 1 heterocycles. The van der Waals surface area contributed by atoms with Crippen molar-refractivity contribution in [2.45, 2.75) is 17.9 Å². The zero-order valence-corrected chi connectivity index (χ0v) is 19.6. The van der Waals surface area contributed by atoms with E-state index in [2.05, 4.69) is 34.3 Å². The van der Waals surface area contributed by atoms with Gasteiger partial charge < -0.3 is 5.11 Å². The number of carboxylic acid groups (broad SMARTS) is 1. The van der Waals surface area contributed by atoms with Crippen LogP contribution in [0.1, 0.15) is 11.3 Å². The Labute approximate surface area is 198 Å². The van der Waals surface area contributed by atoms with Gasteiger partial charge in [0.25, 0.3) is 0 Å². The maximum Gasteiger partial charge on any atom is 0 e. The fourth-order valence-corrected chi connectivity index (χ4v) is 2.55. The summed E-state index contributed by atoms with van der Waals surface area (Å²) in [5.74, 6) is 3.94. The van der Waals surface area contributed by atoms with E-state index in [1.165, 1.54) is 0 Å². The minimum Gasteiger partial charge on any atom is 0 e. The smallest absolute Gasteiger partial charge is 0 e. The van der Waals surface area contributed by atoms with Gasteiger partial charge >= 0.3 is 39.9 Å². The molecule has 3 N–H and O–H groups in total. The number of aromatic nitrogens is 1. The van der Waals surface area contributed by atoms with Crippen LogP contribution >= 0.6 is 12.0 Å². The van der Waals surface area contributed by atoms with Crippen LogP contribution in [-0.2, 0) is 61.5 Å². The molecule has 165 valence electrons. The summed E-state index contributed by atoms with van der Waals surface area (Å²) < 4.78 is 27.1. The predicted molar refractivity (Wildman–Crippen MR) is 101 cm³/mol. The minimum atomic E-state index is -0.850. The summed E-state index contributed by atoms with van der Waals surface area (Å²) in [6, 6.07) is 13.3. The number of pyridine rings is 1. The van der Waals surface area contributed by atoms with Gasteiger partial charge in [-0.3, -0.25) is 14.7 Å². The third-order valence-corrected chi connectivity index (χ3v) is 3.89. The molecule has 0 bridgehead atoms. The summed E-state index contributed by atoms with van der Waals surface area (Å²) in [7, 11) is 0. The van der Waals surface area contributed by atoms with Crippen LogP contribution in [0.25, 0.3) is 0 Å². The van der Waals surface area contributed by atoms with Crippen LogP contribution in [0.15, 0.2) is 53.6 Å². The van der Waals surface area contributed by atoms with E-state index in [9.17, 15) is 4.79 Å². The van der Waals surface area contributed by atoms with E-state index in [4.69, 9.17) is 25.0 Å². The van der Waals surface area contributed by atoms with Crippen molar-refractivity contribution in [3.63, 3.8) is 0 Å². The fraction of sp³-hybridized carbons (Fsp3) is 0.211.